The van der Waals surface area contributed by atoms with E-state index < -0.39 is 6.10 Å². The highest BCUT2D eigenvalue weighted by Gasteiger charge is 2.15. The molecule has 0 fully saturated rings. The van der Waals surface area contributed by atoms with Crippen LogP contribution in [-0.4, -0.2) is 42.8 Å². The largest absolute Gasteiger partial charge is 0.389 e. The summed E-state index contributed by atoms with van der Waals surface area (Å²) in [5, 5.41) is 12.2. The van der Waals surface area contributed by atoms with Crippen LogP contribution in [0.25, 0.3) is 0 Å². The molecule has 2 amide bonds. The summed E-state index contributed by atoms with van der Waals surface area (Å²) in [6, 6.07) is 6.94. The molecule has 2 atom stereocenters. The predicted octanol–water partition coefficient (Wildman–Crippen LogP) is 2.24. The molecule has 106 valence electrons. The molecule has 0 aromatic heterocycles. The van der Waals surface area contributed by atoms with Gasteiger partial charge in [-0.2, -0.15) is 0 Å². The highest BCUT2D eigenvalue weighted by Crippen LogP contribution is 2.16. The van der Waals surface area contributed by atoms with E-state index in [-0.39, 0.29) is 12.1 Å². The molecule has 2 N–H and O–H groups in total. The van der Waals surface area contributed by atoms with Gasteiger partial charge in [-0.15, -0.1) is 0 Å². The number of carbonyl (C=O) groups excluding carboxylic acids is 1. The van der Waals surface area contributed by atoms with Gasteiger partial charge in [0.2, 0.25) is 0 Å². The summed E-state index contributed by atoms with van der Waals surface area (Å²) < 4.78 is 5.02. The molecular weight excluding hydrogens is 244 g/mol. The van der Waals surface area contributed by atoms with Gasteiger partial charge in [-0.05, 0) is 31.5 Å². The average Bonchev–Trinajstić information content (AvgIpc) is 2.38. The molecule has 5 heteroatoms. The molecule has 0 heterocycles. The maximum absolute atomic E-state index is 12.0. The average molecular weight is 266 g/mol. The van der Waals surface area contributed by atoms with E-state index in [0.29, 0.717) is 12.3 Å². The Hall–Kier alpha value is -1.59. The minimum Gasteiger partial charge on any atom is -0.389 e. The Morgan fingerprint density at radius 3 is 2.42 bits per heavy atom. The number of anilines is 1. The number of nitrogens with one attached hydrogen (secondary N) is 1. The fraction of sp³-hybridized carbons (Fsp3) is 0.500. The lowest BCUT2D eigenvalue weighted by atomic mass is 10.1. The van der Waals surface area contributed by atoms with E-state index in [2.05, 4.69) is 5.32 Å². The van der Waals surface area contributed by atoms with Crippen molar-refractivity contribution in [3.8, 4) is 0 Å². The van der Waals surface area contributed by atoms with Gasteiger partial charge in [0.1, 0.15) is 0 Å². The second kappa shape index (κ2) is 7.11. The zero-order valence-electron chi connectivity index (χ0n) is 11.9. The fourth-order valence-electron chi connectivity index (χ4n) is 1.61. The number of amides is 2. The lowest BCUT2D eigenvalue weighted by Gasteiger charge is -2.24. The van der Waals surface area contributed by atoms with Crippen LogP contribution in [0.15, 0.2) is 24.3 Å². The quantitative estimate of drug-likeness (QED) is 0.859. The highest BCUT2D eigenvalue weighted by molar-refractivity contribution is 5.89. The first-order valence-electron chi connectivity index (χ1n) is 6.26. The zero-order valence-corrected chi connectivity index (χ0v) is 11.9. The molecule has 1 rings (SSSR count). The van der Waals surface area contributed by atoms with E-state index in [0.717, 1.165) is 5.56 Å². The second-order valence-electron chi connectivity index (χ2n) is 4.64. The van der Waals surface area contributed by atoms with Crippen molar-refractivity contribution < 1.29 is 14.6 Å². The van der Waals surface area contributed by atoms with Crippen molar-refractivity contribution in [1.82, 2.24) is 4.90 Å². The van der Waals surface area contributed by atoms with Crippen LogP contribution in [0.2, 0.25) is 0 Å². The molecule has 0 spiro atoms. The van der Waals surface area contributed by atoms with E-state index in [1.54, 1.807) is 50.2 Å². The van der Waals surface area contributed by atoms with Crippen LogP contribution in [0.5, 0.6) is 0 Å². The van der Waals surface area contributed by atoms with Crippen molar-refractivity contribution in [2.45, 2.75) is 26.0 Å². The monoisotopic (exact) mass is 266 g/mol. The predicted molar refractivity (Wildman–Crippen MR) is 75.2 cm³/mol. The van der Waals surface area contributed by atoms with Gasteiger partial charge in [0.05, 0.1) is 18.8 Å². The molecule has 0 aliphatic rings. The van der Waals surface area contributed by atoms with Crippen LogP contribution in [0, 0.1) is 0 Å². The zero-order chi connectivity index (χ0) is 14.4. The minimum absolute atomic E-state index is 0.00161. The number of hydrogen-bond acceptors (Lipinski definition) is 3. The Bertz CT molecular complexity index is 404. The van der Waals surface area contributed by atoms with Crippen molar-refractivity contribution in [2.24, 2.45) is 0 Å². The number of methoxy groups -OCH3 is 1. The van der Waals surface area contributed by atoms with Gasteiger partial charge in [-0.3, -0.25) is 0 Å². The summed E-state index contributed by atoms with van der Waals surface area (Å²) in [7, 11) is 3.33. The van der Waals surface area contributed by atoms with Gasteiger partial charge in [0.15, 0.2) is 0 Å². The molecule has 0 aliphatic carbocycles. The van der Waals surface area contributed by atoms with Crippen molar-refractivity contribution in [2.75, 3.05) is 26.1 Å². The second-order valence-corrected chi connectivity index (χ2v) is 4.64. The third-order valence-electron chi connectivity index (χ3n) is 3.03. The van der Waals surface area contributed by atoms with Crippen molar-refractivity contribution in [3.63, 3.8) is 0 Å². The Labute approximate surface area is 114 Å². The summed E-state index contributed by atoms with van der Waals surface area (Å²) in [4.78, 5) is 13.5. The Morgan fingerprint density at radius 1 is 1.37 bits per heavy atom. The minimum atomic E-state index is -0.505. The van der Waals surface area contributed by atoms with E-state index in [4.69, 9.17) is 4.74 Å². The number of urea groups is 1. The van der Waals surface area contributed by atoms with Crippen molar-refractivity contribution in [3.05, 3.63) is 29.8 Å². The Balaban J connectivity index is 2.61. The van der Waals surface area contributed by atoms with Crippen LogP contribution in [0.4, 0.5) is 10.5 Å². The maximum Gasteiger partial charge on any atom is 0.321 e. The molecule has 0 saturated heterocycles. The van der Waals surface area contributed by atoms with Crippen LogP contribution in [0.1, 0.15) is 25.5 Å². The maximum atomic E-state index is 12.0. The normalized spacial score (nSPS) is 13.7. The number of benzene rings is 1. The van der Waals surface area contributed by atoms with Crippen LogP contribution in [-0.2, 0) is 4.74 Å². The molecule has 0 bridgehead atoms. The number of likely N-dealkylation sites (N-methyl/N-ethyl adjacent to an activating group) is 1. The fourth-order valence-corrected chi connectivity index (χ4v) is 1.61. The molecule has 1 aromatic carbocycles. The van der Waals surface area contributed by atoms with Gasteiger partial charge in [0.25, 0.3) is 0 Å². The summed E-state index contributed by atoms with van der Waals surface area (Å²) in [6.45, 7) is 4.11. The highest BCUT2D eigenvalue weighted by atomic mass is 16.5. The third kappa shape index (κ3) is 4.54. The van der Waals surface area contributed by atoms with Gasteiger partial charge < -0.3 is 20.1 Å². The van der Waals surface area contributed by atoms with E-state index in [9.17, 15) is 9.90 Å². The van der Waals surface area contributed by atoms with Gasteiger partial charge in [-0.25, -0.2) is 4.79 Å². The summed E-state index contributed by atoms with van der Waals surface area (Å²) in [5.74, 6) is 0. The number of ether oxygens (including phenoxy) is 1. The van der Waals surface area contributed by atoms with Crippen molar-refractivity contribution >= 4 is 11.7 Å². The van der Waals surface area contributed by atoms with Crippen LogP contribution >= 0.6 is 0 Å². The molecule has 1 aromatic rings. The number of aliphatic hydroxyl groups excluding tert-OH is 1. The number of nitrogens with zero attached hydrogens (tertiary/aromatic N) is 1. The van der Waals surface area contributed by atoms with E-state index >= 15 is 0 Å². The Kier molecular flexibility index (Phi) is 5.79. The lowest BCUT2D eigenvalue weighted by Crippen LogP contribution is -2.40. The van der Waals surface area contributed by atoms with Crippen LogP contribution in [0.3, 0.4) is 0 Å². The van der Waals surface area contributed by atoms with Crippen LogP contribution < -0.4 is 5.32 Å². The first-order chi connectivity index (χ1) is 8.95. The molecule has 2 unspecified atom stereocenters. The SMILES string of the molecule is COCC(C)N(C)C(=O)Nc1ccc(C(C)O)cc1. The summed E-state index contributed by atoms with van der Waals surface area (Å²) >= 11 is 0. The number of aliphatic hydroxyl groups is 1. The topological polar surface area (TPSA) is 61.8 Å². The third-order valence-corrected chi connectivity index (χ3v) is 3.03. The molecule has 0 saturated carbocycles. The first-order valence-corrected chi connectivity index (χ1v) is 6.26. The van der Waals surface area contributed by atoms with Crippen molar-refractivity contribution in [1.29, 1.82) is 0 Å². The molecule has 0 aliphatic heterocycles. The van der Waals surface area contributed by atoms with E-state index in [1.807, 2.05) is 6.92 Å². The molecule has 5 nitrogen and oxygen atoms in total. The standard InChI is InChI=1S/C14H22N2O3/c1-10(9-19-4)16(3)14(18)15-13-7-5-12(6-8-13)11(2)17/h5-8,10-11,17H,9H2,1-4H3,(H,15,18). The summed E-state index contributed by atoms with van der Waals surface area (Å²) in [5.41, 5.74) is 1.52. The number of rotatable bonds is 5. The first kappa shape index (κ1) is 15.5. The smallest absolute Gasteiger partial charge is 0.321 e. The Morgan fingerprint density at radius 2 is 1.95 bits per heavy atom. The number of hydrogen-bond donors (Lipinski definition) is 2. The molecule has 19 heavy (non-hydrogen) atoms. The summed E-state index contributed by atoms with van der Waals surface area (Å²) in [6.07, 6.45) is -0.505. The molecule has 0 radical (unpaired) electrons. The lowest BCUT2D eigenvalue weighted by molar-refractivity contribution is 0.128. The van der Waals surface area contributed by atoms with Gasteiger partial charge >= 0.3 is 6.03 Å². The number of carbonyl (C=O) groups is 1. The van der Waals surface area contributed by atoms with Gasteiger partial charge in [-0.1, -0.05) is 12.1 Å². The van der Waals surface area contributed by atoms with Gasteiger partial charge in [0, 0.05) is 19.8 Å². The molecular formula is C14H22N2O3. The van der Waals surface area contributed by atoms with E-state index in [1.165, 1.54) is 0 Å².